The maximum atomic E-state index is 4.41. The van der Waals surface area contributed by atoms with E-state index in [2.05, 4.69) is 45.1 Å². The zero-order valence-corrected chi connectivity index (χ0v) is 10.9. The molecule has 15 heavy (non-hydrogen) atoms. The van der Waals surface area contributed by atoms with Crippen molar-refractivity contribution in [3.63, 3.8) is 0 Å². The normalized spacial score (nSPS) is 17.9. The molecular weight excluding hydrogens is 254 g/mol. The number of nitrogens with zero attached hydrogens (tertiary/aromatic N) is 2. The van der Waals surface area contributed by atoms with Gasteiger partial charge in [0.15, 0.2) is 0 Å². The first kappa shape index (κ1) is 10.9. The molecule has 1 fully saturated rings. The average Bonchev–Trinajstić information content (AvgIpc) is 2.92. The van der Waals surface area contributed by atoms with E-state index in [0.29, 0.717) is 5.92 Å². The first-order valence-corrected chi connectivity index (χ1v) is 6.10. The molecule has 2 rings (SSSR count). The molecular formula is C11H16BrN3. The minimum absolute atomic E-state index is 0.267. The highest BCUT2D eigenvalue weighted by atomic mass is 79.9. The monoisotopic (exact) mass is 269 g/mol. The largest absolute Gasteiger partial charge is 0.363 e. The molecule has 3 nitrogen and oxygen atoms in total. The Labute approximate surface area is 98.8 Å². The second kappa shape index (κ2) is 3.74. The van der Waals surface area contributed by atoms with Gasteiger partial charge in [-0.1, -0.05) is 13.8 Å². The fourth-order valence-electron chi connectivity index (χ4n) is 1.76. The molecule has 4 heteroatoms. The van der Waals surface area contributed by atoms with Crippen LogP contribution in [-0.2, 0) is 0 Å². The average molecular weight is 270 g/mol. The lowest BCUT2D eigenvalue weighted by molar-refractivity contribution is 0.510. The number of rotatable bonds is 3. The van der Waals surface area contributed by atoms with Crippen LogP contribution in [-0.4, -0.2) is 15.5 Å². The predicted octanol–water partition coefficient (Wildman–Crippen LogP) is 3.15. The van der Waals surface area contributed by atoms with E-state index < -0.39 is 0 Å². The summed E-state index contributed by atoms with van der Waals surface area (Å²) in [6, 6.07) is 0. The van der Waals surface area contributed by atoms with Gasteiger partial charge in [-0.3, -0.25) is 0 Å². The van der Waals surface area contributed by atoms with Crippen molar-refractivity contribution in [2.75, 3.05) is 5.32 Å². The molecule has 0 atom stereocenters. The smallest absolute Gasteiger partial charge is 0.144 e. The van der Waals surface area contributed by atoms with Gasteiger partial charge in [-0.2, -0.15) is 0 Å². The maximum absolute atomic E-state index is 4.41. The van der Waals surface area contributed by atoms with E-state index in [1.165, 1.54) is 12.8 Å². The van der Waals surface area contributed by atoms with Gasteiger partial charge < -0.3 is 5.32 Å². The van der Waals surface area contributed by atoms with Crippen LogP contribution in [0.25, 0.3) is 0 Å². The molecule has 1 aromatic rings. The van der Waals surface area contributed by atoms with Crippen molar-refractivity contribution in [1.82, 2.24) is 9.97 Å². The molecule has 0 spiro atoms. The van der Waals surface area contributed by atoms with Crippen molar-refractivity contribution in [3.8, 4) is 0 Å². The Bertz CT molecular complexity index is 372. The lowest BCUT2D eigenvalue weighted by Gasteiger charge is -2.22. The number of hydrogen-bond acceptors (Lipinski definition) is 3. The zero-order valence-electron chi connectivity index (χ0n) is 9.34. The fourth-order valence-corrected chi connectivity index (χ4v) is 2.05. The number of anilines is 1. The number of nitrogens with one attached hydrogen (secondary N) is 1. The second-order valence-corrected chi connectivity index (χ2v) is 5.40. The van der Waals surface area contributed by atoms with Crippen LogP contribution in [0.15, 0.2) is 10.7 Å². The number of aromatic nitrogens is 2. The highest BCUT2D eigenvalue weighted by Gasteiger charge is 2.45. The minimum Gasteiger partial charge on any atom is -0.363 e. The number of hydrogen-bond donors (Lipinski definition) is 1. The van der Waals surface area contributed by atoms with Gasteiger partial charge in [0.05, 0.1) is 4.47 Å². The summed E-state index contributed by atoms with van der Waals surface area (Å²) in [7, 11) is 0. The molecule has 1 aliphatic carbocycles. The fraction of sp³-hybridized carbons (Fsp3) is 0.636. The van der Waals surface area contributed by atoms with Crippen LogP contribution in [0.1, 0.15) is 32.5 Å². The van der Waals surface area contributed by atoms with E-state index in [-0.39, 0.29) is 5.54 Å². The molecule has 0 amide bonds. The van der Waals surface area contributed by atoms with Gasteiger partial charge in [0, 0.05) is 11.7 Å². The topological polar surface area (TPSA) is 37.8 Å². The van der Waals surface area contributed by atoms with Crippen LogP contribution in [0.3, 0.4) is 0 Å². The molecule has 0 radical (unpaired) electrons. The van der Waals surface area contributed by atoms with Gasteiger partial charge >= 0.3 is 0 Å². The van der Waals surface area contributed by atoms with Crippen LogP contribution in [0.5, 0.6) is 0 Å². The van der Waals surface area contributed by atoms with Gasteiger partial charge in [0.1, 0.15) is 11.6 Å². The van der Waals surface area contributed by atoms with Crippen molar-refractivity contribution in [3.05, 3.63) is 16.5 Å². The minimum atomic E-state index is 0.267. The third-order valence-electron chi connectivity index (χ3n) is 3.13. The molecule has 0 unspecified atom stereocenters. The summed E-state index contributed by atoms with van der Waals surface area (Å²) in [6.45, 7) is 6.41. The molecule has 1 heterocycles. The van der Waals surface area contributed by atoms with Crippen LogP contribution >= 0.6 is 15.9 Å². The van der Waals surface area contributed by atoms with E-state index in [1.54, 1.807) is 6.20 Å². The maximum Gasteiger partial charge on any atom is 0.144 e. The Morgan fingerprint density at radius 1 is 1.47 bits per heavy atom. The van der Waals surface area contributed by atoms with Crippen molar-refractivity contribution < 1.29 is 0 Å². The summed E-state index contributed by atoms with van der Waals surface area (Å²) in [6.07, 6.45) is 4.28. The first-order chi connectivity index (χ1) is 7.03. The van der Waals surface area contributed by atoms with Crippen LogP contribution in [0, 0.1) is 12.8 Å². The SMILES string of the molecule is Cc1ncc(Br)c(NC2(C(C)C)CC2)n1. The molecule has 0 bridgehead atoms. The van der Waals surface area contributed by atoms with Gasteiger partial charge in [0.2, 0.25) is 0 Å². The Kier molecular flexibility index (Phi) is 2.71. The van der Waals surface area contributed by atoms with Crippen molar-refractivity contribution >= 4 is 21.7 Å². The number of aryl methyl sites for hydroxylation is 1. The van der Waals surface area contributed by atoms with E-state index in [4.69, 9.17) is 0 Å². The Hall–Kier alpha value is -0.640. The van der Waals surface area contributed by atoms with Gasteiger partial charge in [-0.15, -0.1) is 0 Å². The van der Waals surface area contributed by atoms with Crippen molar-refractivity contribution in [2.45, 2.75) is 39.2 Å². The Morgan fingerprint density at radius 2 is 2.13 bits per heavy atom. The second-order valence-electron chi connectivity index (χ2n) is 4.55. The lowest BCUT2D eigenvalue weighted by Crippen LogP contribution is -2.28. The molecule has 0 aliphatic heterocycles. The summed E-state index contributed by atoms with van der Waals surface area (Å²) in [5, 5.41) is 3.54. The van der Waals surface area contributed by atoms with Gasteiger partial charge in [0.25, 0.3) is 0 Å². The Balaban J connectivity index is 2.21. The van der Waals surface area contributed by atoms with Gasteiger partial charge in [-0.05, 0) is 41.6 Å². The first-order valence-electron chi connectivity index (χ1n) is 5.31. The molecule has 82 valence electrons. The quantitative estimate of drug-likeness (QED) is 0.916. The van der Waals surface area contributed by atoms with Crippen LogP contribution in [0.2, 0.25) is 0 Å². The van der Waals surface area contributed by atoms with Crippen molar-refractivity contribution in [2.24, 2.45) is 5.92 Å². The van der Waals surface area contributed by atoms with Crippen LogP contribution < -0.4 is 5.32 Å². The third kappa shape index (κ3) is 2.14. The summed E-state index contributed by atoms with van der Waals surface area (Å²) in [4.78, 5) is 8.55. The van der Waals surface area contributed by atoms with E-state index in [9.17, 15) is 0 Å². The lowest BCUT2D eigenvalue weighted by atomic mass is 10.0. The summed E-state index contributed by atoms with van der Waals surface area (Å²) < 4.78 is 0.944. The van der Waals surface area contributed by atoms with Gasteiger partial charge in [-0.25, -0.2) is 9.97 Å². The summed E-state index contributed by atoms with van der Waals surface area (Å²) in [5.74, 6) is 2.37. The van der Waals surface area contributed by atoms with E-state index in [1.807, 2.05) is 6.92 Å². The third-order valence-corrected chi connectivity index (χ3v) is 3.71. The molecule has 1 N–H and O–H groups in total. The Morgan fingerprint density at radius 3 is 2.67 bits per heavy atom. The molecule has 1 aromatic heterocycles. The van der Waals surface area contributed by atoms with Crippen molar-refractivity contribution in [1.29, 1.82) is 0 Å². The molecule has 0 saturated heterocycles. The zero-order chi connectivity index (χ0) is 11.1. The summed E-state index contributed by atoms with van der Waals surface area (Å²) >= 11 is 3.47. The molecule has 1 aliphatic rings. The number of halogens is 1. The summed E-state index contributed by atoms with van der Waals surface area (Å²) in [5.41, 5.74) is 0.267. The van der Waals surface area contributed by atoms with E-state index >= 15 is 0 Å². The molecule has 0 aromatic carbocycles. The van der Waals surface area contributed by atoms with Crippen LogP contribution in [0.4, 0.5) is 5.82 Å². The predicted molar refractivity (Wildman–Crippen MR) is 64.9 cm³/mol. The highest BCUT2D eigenvalue weighted by Crippen LogP contribution is 2.45. The molecule has 1 saturated carbocycles. The van der Waals surface area contributed by atoms with E-state index in [0.717, 1.165) is 16.1 Å². The standard InChI is InChI=1S/C11H16BrN3/c1-7(2)11(4-5-11)15-10-9(12)6-13-8(3)14-10/h6-7H,4-5H2,1-3H3,(H,13,14,15). The highest BCUT2D eigenvalue weighted by molar-refractivity contribution is 9.10.